The summed E-state index contributed by atoms with van der Waals surface area (Å²) in [6, 6.07) is 8.09. The molecule has 1 atom stereocenters. The van der Waals surface area contributed by atoms with E-state index < -0.39 is 6.04 Å². The van der Waals surface area contributed by atoms with Gasteiger partial charge < -0.3 is 18.8 Å². The van der Waals surface area contributed by atoms with Crippen LogP contribution in [0.25, 0.3) is 11.0 Å². The van der Waals surface area contributed by atoms with Crippen molar-refractivity contribution >= 4 is 28.5 Å². The van der Waals surface area contributed by atoms with Gasteiger partial charge in [0.25, 0.3) is 5.91 Å². The lowest BCUT2D eigenvalue weighted by atomic mass is 9.97. The van der Waals surface area contributed by atoms with Crippen LogP contribution in [0.4, 0.5) is 0 Å². The predicted molar refractivity (Wildman–Crippen MR) is 129 cm³/mol. The van der Waals surface area contributed by atoms with Crippen molar-refractivity contribution < 1.29 is 18.7 Å². The van der Waals surface area contributed by atoms with Gasteiger partial charge >= 0.3 is 0 Å². The predicted octanol–water partition coefficient (Wildman–Crippen LogP) is 5.67. The van der Waals surface area contributed by atoms with Gasteiger partial charge in [0.1, 0.15) is 5.58 Å². The van der Waals surface area contributed by atoms with Crippen molar-refractivity contribution in [1.82, 2.24) is 4.90 Å². The molecule has 1 aliphatic heterocycles. The number of nitrogens with zero attached hydrogens (tertiary/aromatic N) is 1. The Bertz CT molecular complexity index is 1300. The number of halogens is 1. The van der Waals surface area contributed by atoms with E-state index >= 15 is 0 Å². The molecule has 7 heteroatoms. The van der Waals surface area contributed by atoms with Crippen molar-refractivity contribution in [1.29, 1.82) is 0 Å². The fourth-order valence-corrected chi connectivity index (χ4v) is 4.28. The maximum atomic E-state index is 13.6. The van der Waals surface area contributed by atoms with Crippen molar-refractivity contribution in [2.45, 2.75) is 32.7 Å². The summed E-state index contributed by atoms with van der Waals surface area (Å²) in [5.41, 5.74) is 1.83. The SMILES string of the molecule is C=CCN1C(=O)c2oc3cc(C)c(Cl)cc3c(=O)c2C1c1ccc(OCCCC)c(OC)c1. The molecule has 3 aromatic rings. The van der Waals surface area contributed by atoms with Crippen LogP contribution in [0.15, 0.2) is 52.2 Å². The van der Waals surface area contributed by atoms with Crippen LogP contribution < -0.4 is 14.9 Å². The van der Waals surface area contributed by atoms with E-state index in [4.69, 9.17) is 25.5 Å². The van der Waals surface area contributed by atoms with Crippen LogP contribution >= 0.6 is 11.6 Å². The number of hydrogen-bond donors (Lipinski definition) is 0. The van der Waals surface area contributed by atoms with Crippen molar-refractivity contribution in [3.63, 3.8) is 0 Å². The lowest BCUT2D eigenvalue weighted by Crippen LogP contribution is -2.29. The molecule has 0 aliphatic carbocycles. The Hall–Kier alpha value is -3.25. The zero-order chi connectivity index (χ0) is 23.7. The first-order valence-electron chi connectivity index (χ1n) is 10.9. The lowest BCUT2D eigenvalue weighted by molar-refractivity contribution is 0.0748. The van der Waals surface area contributed by atoms with Crippen molar-refractivity contribution in [2.24, 2.45) is 0 Å². The van der Waals surface area contributed by atoms with Gasteiger partial charge in [0, 0.05) is 11.6 Å². The molecule has 0 N–H and O–H groups in total. The van der Waals surface area contributed by atoms with Crippen LogP contribution in [0, 0.1) is 6.92 Å². The van der Waals surface area contributed by atoms with E-state index in [1.54, 1.807) is 42.4 Å². The number of unbranched alkanes of at least 4 members (excludes halogenated alkanes) is 1. The second kappa shape index (κ2) is 9.32. The Morgan fingerprint density at radius 3 is 2.70 bits per heavy atom. The van der Waals surface area contributed by atoms with Crippen molar-refractivity contribution in [3.05, 3.63) is 80.7 Å². The quantitative estimate of drug-likeness (QED) is 0.315. The summed E-state index contributed by atoms with van der Waals surface area (Å²) in [6.45, 7) is 8.52. The molecule has 0 saturated heterocycles. The summed E-state index contributed by atoms with van der Waals surface area (Å²) in [5, 5.41) is 0.808. The fourth-order valence-electron chi connectivity index (χ4n) is 4.11. The first-order chi connectivity index (χ1) is 15.9. The number of aryl methyl sites for hydroxylation is 1. The van der Waals surface area contributed by atoms with Crippen LogP contribution in [0.5, 0.6) is 11.5 Å². The second-order valence-corrected chi connectivity index (χ2v) is 8.44. The van der Waals surface area contributed by atoms with E-state index in [1.807, 2.05) is 13.0 Å². The zero-order valence-corrected chi connectivity index (χ0v) is 19.7. The molecule has 0 saturated carbocycles. The molecule has 0 fully saturated rings. The van der Waals surface area contributed by atoms with Gasteiger partial charge in [-0.25, -0.2) is 0 Å². The Kier molecular flexibility index (Phi) is 6.47. The Morgan fingerprint density at radius 2 is 2.00 bits per heavy atom. The number of rotatable bonds is 8. The van der Waals surface area contributed by atoms with Crippen LogP contribution in [-0.4, -0.2) is 31.1 Å². The molecule has 1 aromatic heterocycles. The molecule has 172 valence electrons. The van der Waals surface area contributed by atoms with Crippen molar-refractivity contribution in [2.75, 3.05) is 20.3 Å². The Morgan fingerprint density at radius 1 is 1.21 bits per heavy atom. The number of carbonyl (C=O) groups is 1. The molecule has 33 heavy (non-hydrogen) atoms. The van der Waals surface area contributed by atoms with Gasteiger partial charge in [-0.05, 0) is 48.7 Å². The first kappa shape index (κ1) is 22.9. The molecule has 2 heterocycles. The lowest BCUT2D eigenvalue weighted by Gasteiger charge is -2.24. The smallest absolute Gasteiger partial charge is 0.291 e. The van der Waals surface area contributed by atoms with Gasteiger partial charge in [0.05, 0.1) is 30.7 Å². The van der Waals surface area contributed by atoms with Crippen LogP contribution in [0.1, 0.15) is 53.1 Å². The summed E-state index contributed by atoms with van der Waals surface area (Å²) in [4.78, 5) is 28.4. The minimum atomic E-state index is -0.648. The molecular formula is C26H26ClNO5. The molecule has 2 aromatic carbocycles. The number of ether oxygens (including phenoxy) is 2. The number of carbonyl (C=O) groups excluding carboxylic acids is 1. The van der Waals surface area contributed by atoms with Gasteiger partial charge in [-0.15, -0.1) is 6.58 Å². The summed E-state index contributed by atoms with van der Waals surface area (Å²) >= 11 is 6.28. The first-order valence-corrected chi connectivity index (χ1v) is 11.3. The van der Waals surface area contributed by atoms with Gasteiger partial charge in [0.2, 0.25) is 5.76 Å². The molecule has 1 unspecified atom stereocenters. The second-order valence-electron chi connectivity index (χ2n) is 8.03. The maximum absolute atomic E-state index is 13.6. The topological polar surface area (TPSA) is 69.0 Å². The minimum absolute atomic E-state index is 0.0447. The third kappa shape index (κ3) is 4.00. The number of benzene rings is 2. The maximum Gasteiger partial charge on any atom is 0.291 e. The van der Waals surface area contributed by atoms with Gasteiger partial charge in [-0.3, -0.25) is 9.59 Å². The largest absolute Gasteiger partial charge is 0.493 e. The highest BCUT2D eigenvalue weighted by molar-refractivity contribution is 6.32. The summed E-state index contributed by atoms with van der Waals surface area (Å²) in [7, 11) is 1.56. The number of fused-ring (bicyclic) bond motifs is 2. The molecule has 0 bridgehead atoms. The third-order valence-corrected chi connectivity index (χ3v) is 6.24. The average molecular weight is 468 g/mol. The highest BCUT2D eigenvalue weighted by Crippen LogP contribution is 2.41. The van der Waals surface area contributed by atoms with Crippen LogP contribution in [-0.2, 0) is 0 Å². The van der Waals surface area contributed by atoms with E-state index in [9.17, 15) is 9.59 Å². The standard InChI is InChI=1S/C26H26ClNO5/c1-5-7-11-32-19-9-8-16(13-21(19)31-4)23-22-24(29)17-14-18(27)15(3)12-20(17)33-25(22)26(30)28(23)10-6-2/h6,8-9,12-14,23H,2,5,7,10-11H2,1,3-4H3. The van der Waals surface area contributed by atoms with Crippen LogP contribution in [0.2, 0.25) is 5.02 Å². The number of amides is 1. The normalized spacial score (nSPS) is 15.1. The monoisotopic (exact) mass is 467 g/mol. The van der Waals surface area contributed by atoms with E-state index in [-0.39, 0.29) is 29.2 Å². The van der Waals surface area contributed by atoms with E-state index in [2.05, 4.69) is 13.5 Å². The van der Waals surface area contributed by atoms with Crippen molar-refractivity contribution in [3.8, 4) is 11.5 Å². The molecule has 1 amide bonds. The highest BCUT2D eigenvalue weighted by Gasteiger charge is 2.42. The number of methoxy groups -OCH3 is 1. The highest BCUT2D eigenvalue weighted by atomic mass is 35.5. The fraction of sp³-hybridized carbons (Fsp3) is 0.308. The molecule has 0 radical (unpaired) electrons. The van der Waals surface area contributed by atoms with Gasteiger partial charge in [0.15, 0.2) is 16.9 Å². The molecule has 4 rings (SSSR count). The molecular weight excluding hydrogens is 442 g/mol. The van der Waals surface area contributed by atoms with Crippen LogP contribution in [0.3, 0.4) is 0 Å². The molecule has 0 spiro atoms. The number of hydrogen-bond acceptors (Lipinski definition) is 5. The minimum Gasteiger partial charge on any atom is -0.493 e. The summed E-state index contributed by atoms with van der Waals surface area (Å²) in [5.74, 6) is 0.835. The average Bonchev–Trinajstić information content (AvgIpc) is 3.08. The Balaban J connectivity index is 1.89. The summed E-state index contributed by atoms with van der Waals surface area (Å²) in [6.07, 6.45) is 3.57. The van der Waals surface area contributed by atoms with Gasteiger partial charge in [-0.2, -0.15) is 0 Å². The molecule has 1 aliphatic rings. The van der Waals surface area contributed by atoms with E-state index in [0.29, 0.717) is 39.7 Å². The van der Waals surface area contributed by atoms with Gasteiger partial charge in [-0.1, -0.05) is 37.1 Å². The van der Waals surface area contributed by atoms with E-state index in [1.165, 1.54) is 0 Å². The molecule has 6 nitrogen and oxygen atoms in total. The zero-order valence-electron chi connectivity index (χ0n) is 18.9. The van der Waals surface area contributed by atoms with E-state index in [0.717, 1.165) is 18.4 Å². The third-order valence-electron chi connectivity index (χ3n) is 5.83. The Labute approximate surface area is 197 Å². The summed E-state index contributed by atoms with van der Waals surface area (Å²) < 4.78 is 17.4.